The molecule has 0 spiro atoms. The highest BCUT2D eigenvalue weighted by Crippen LogP contribution is 2.38. The number of hydrogen-bond acceptors (Lipinski definition) is 4. The van der Waals surface area contributed by atoms with Gasteiger partial charge in [-0.1, -0.05) is 39.7 Å². The molecule has 31 heavy (non-hydrogen) atoms. The maximum Gasteiger partial charge on any atom is 0.335 e. The van der Waals surface area contributed by atoms with Crippen molar-refractivity contribution in [3.05, 3.63) is 86.1 Å². The molecule has 0 aliphatic carbocycles. The number of nitrogens with one attached hydrogen (secondary N) is 1. The molecule has 0 aliphatic heterocycles. The number of carbonyl (C=O) groups is 1. The summed E-state index contributed by atoms with van der Waals surface area (Å²) in [4.78, 5) is 11.3. The normalized spacial score (nSPS) is 10.6. The lowest BCUT2D eigenvalue weighted by atomic mass is 10.1. The molecule has 162 valence electrons. The topological polar surface area (TPSA) is 67.8 Å². The fraction of sp³-hybridized carbons (Fsp3) is 0.174. The van der Waals surface area contributed by atoms with Crippen LogP contribution in [0.15, 0.2) is 53.0 Å². The lowest BCUT2D eigenvalue weighted by Gasteiger charge is -2.19. The summed E-state index contributed by atoms with van der Waals surface area (Å²) in [5.74, 6) is -0.558. The van der Waals surface area contributed by atoms with Crippen LogP contribution in [-0.2, 0) is 13.2 Å². The maximum absolute atomic E-state index is 14.2. The summed E-state index contributed by atoms with van der Waals surface area (Å²) in [5, 5.41) is 12.8. The predicted octanol–water partition coefficient (Wildman–Crippen LogP) is 6.45. The zero-order chi connectivity index (χ0) is 22.5. The highest BCUT2D eigenvalue weighted by Gasteiger charge is 2.17. The Bertz CT molecular complexity index is 1100. The van der Waals surface area contributed by atoms with Gasteiger partial charge in [0, 0.05) is 27.8 Å². The van der Waals surface area contributed by atoms with Gasteiger partial charge in [-0.3, -0.25) is 0 Å². The van der Waals surface area contributed by atoms with Crippen LogP contribution in [-0.4, -0.2) is 18.2 Å². The molecule has 0 heterocycles. The van der Waals surface area contributed by atoms with Crippen LogP contribution in [0.25, 0.3) is 0 Å². The lowest BCUT2D eigenvalue weighted by Crippen LogP contribution is -2.08. The highest BCUT2D eigenvalue weighted by molar-refractivity contribution is 9.10. The molecule has 3 aromatic carbocycles. The zero-order valence-electron chi connectivity index (χ0n) is 16.8. The van der Waals surface area contributed by atoms with Gasteiger partial charge in [-0.05, 0) is 48.9 Å². The molecule has 8 heteroatoms. The summed E-state index contributed by atoms with van der Waals surface area (Å²) >= 11 is 9.64. The number of rotatable bonds is 8. The molecule has 0 amide bonds. The van der Waals surface area contributed by atoms with Crippen molar-refractivity contribution in [3.8, 4) is 11.5 Å². The number of aromatic carboxylic acids is 1. The number of aryl methyl sites for hydroxylation is 1. The van der Waals surface area contributed by atoms with Gasteiger partial charge in [0.15, 0.2) is 11.5 Å². The van der Waals surface area contributed by atoms with E-state index in [1.165, 1.54) is 19.2 Å². The van der Waals surface area contributed by atoms with E-state index < -0.39 is 11.8 Å². The molecule has 0 radical (unpaired) electrons. The van der Waals surface area contributed by atoms with E-state index in [9.17, 15) is 14.3 Å². The monoisotopic (exact) mass is 507 g/mol. The summed E-state index contributed by atoms with van der Waals surface area (Å²) in [6.07, 6.45) is 0. The number of methoxy groups -OCH3 is 1. The van der Waals surface area contributed by atoms with E-state index >= 15 is 0 Å². The smallest absolute Gasteiger partial charge is 0.335 e. The quantitative estimate of drug-likeness (QED) is 0.366. The number of ether oxygens (including phenoxy) is 2. The van der Waals surface area contributed by atoms with Gasteiger partial charge in [-0.25, -0.2) is 9.18 Å². The molecular formula is C23H20BrClFNO4. The van der Waals surface area contributed by atoms with E-state index in [2.05, 4.69) is 21.2 Å². The Morgan fingerprint density at radius 2 is 1.97 bits per heavy atom. The second-order valence-corrected chi connectivity index (χ2v) is 8.00. The molecule has 0 saturated carbocycles. The van der Waals surface area contributed by atoms with Crippen LogP contribution in [0.1, 0.15) is 27.0 Å². The Hall–Kier alpha value is -2.77. The van der Waals surface area contributed by atoms with E-state index in [1.807, 2.05) is 13.0 Å². The van der Waals surface area contributed by atoms with Gasteiger partial charge in [-0.15, -0.1) is 0 Å². The number of anilines is 1. The highest BCUT2D eigenvalue weighted by atomic mass is 79.9. The third kappa shape index (κ3) is 5.29. The SMILES string of the molecule is COc1ccc(Br)c(CNc2cc(C(=O)O)ccc2C)c1OCc1c(F)cccc1Cl. The molecule has 2 N–H and O–H groups in total. The van der Waals surface area contributed by atoms with Gasteiger partial charge in [0.05, 0.1) is 17.7 Å². The Labute approximate surface area is 192 Å². The Balaban J connectivity index is 1.90. The summed E-state index contributed by atoms with van der Waals surface area (Å²) in [5.41, 5.74) is 2.73. The van der Waals surface area contributed by atoms with Crippen molar-refractivity contribution < 1.29 is 23.8 Å². The summed E-state index contributed by atoms with van der Waals surface area (Å²) in [7, 11) is 1.52. The van der Waals surface area contributed by atoms with Gasteiger partial charge in [0.25, 0.3) is 0 Å². The number of carboxylic acids is 1. The molecule has 3 rings (SSSR count). The standard InChI is InChI=1S/C23H20BrClFNO4/c1-13-6-7-14(23(28)29)10-20(13)27-11-15-17(24)8-9-21(30-2)22(15)31-12-16-18(25)4-3-5-19(16)26/h3-10,27H,11-12H2,1-2H3,(H,28,29). The van der Waals surface area contributed by atoms with Crippen LogP contribution < -0.4 is 14.8 Å². The van der Waals surface area contributed by atoms with Crippen molar-refractivity contribution in [3.63, 3.8) is 0 Å². The third-order valence-electron chi connectivity index (χ3n) is 4.75. The van der Waals surface area contributed by atoms with Gasteiger partial charge in [0.1, 0.15) is 12.4 Å². The van der Waals surface area contributed by atoms with Crippen molar-refractivity contribution in [2.45, 2.75) is 20.1 Å². The number of hydrogen-bond donors (Lipinski definition) is 2. The largest absolute Gasteiger partial charge is 0.493 e. The average molecular weight is 509 g/mol. The molecule has 3 aromatic rings. The van der Waals surface area contributed by atoms with Crippen molar-refractivity contribution in [2.24, 2.45) is 0 Å². The summed E-state index contributed by atoms with van der Waals surface area (Å²) in [6, 6.07) is 12.9. The first kappa shape index (κ1) is 22.9. The minimum absolute atomic E-state index is 0.0845. The number of benzene rings is 3. The first-order valence-electron chi connectivity index (χ1n) is 9.30. The van der Waals surface area contributed by atoms with Crippen LogP contribution >= 0.6 is 27.5 Å². The molecule has 0 fully saturated rings. The van der Waals surface area contributed by atoms with Crippen molar-refractivity contribution in [2.75, 3.05) is 12.4 Å². The minimum Gasteiger partial charge on any atom is -0.493 e. The van der Waals surface area contributed by atoms with E-state index in [1.54, 1.807) is 30.3 Å². The summed E-state index contributed by atoms with van der Waals surface area (Å²) in [6.45, 7) is 2.10. The van der Waals surface area contributed by atoms with Crippen molar-refractivity contribution in [1.29, 1.82) is 0 Å². The number of halogens is 3. The van der Waals surface area contributed by atoms with Crippen LogP contribution in [0, 0.1) is 12.7 Å². The minimum atomic E-state index is -1.00. The van der Waals surface area contributed by atoms with Crippen LogP contribution in [0.3, 0.4) is 0 Å². The molecule has 0 aromatic heterocycles. The van der Waals surface area contributed by atoms with Crippen LogP contribution in [0.4, 0.5) is 10.1 Å². The van der Waals surface area contributed by atoms with E-state index in [-0.39, 0.29) is 22.8 Å². The van der Waals surface area contributed by atoms with E-state index in [0.717, 1.165) is 15.6 Å². The fourth-order valence-corrected chi connectivity index (χ4v) is 3.68. The lowest BCUT2D eigenvalue weighted by molar-refractivity contribution is 0.0697. The molecule has 0 bridgehead atoms. The molecular weight excluding hydrogens is 489 g/mol. The third-order valence-corrected chi connectivity index (χ3v) is 5.85. The number of carboxylic acid groups (broad SMARTS) is 1. The molecule has 0 saturated heterocycles. The van der Waals surface area contributed by atoms with Gasteiger partial charge < -0.3 is 19.9 Å². The molecule has 0 unspecified atom stereocenters. The first-order valence-corrected chi connectivity index (χ1v) is 10.5. The molecule has 5 nitrogen and oxygen atoms in total. The fourth-order valence-electron chi connectivity index (χ4n) is 3.01. The molecule has 0 aliphatic rings. The van der Waals surface area contributed by atoms with Crippen molar-refractivity contribution in [1.82, 2.24) is 0 Å². The maximum atomic E-state index is 14.2. The van der Waals surface area contributed by atoms with Gasteiger partial charge in [-0.2, -0.15) is 0 Å². The second-order valence-electron chi connectivity index (χ2n) is 6.73. The Morgan fingerprint density at radius 3 is 2.65 bits per heavy atom. The average Bonchev–Trinajstić information content (AvgIpc) is 2.73. The van der Waals surface area contributed by atoms with Crippen LogP contribution in [0.2, 0.25) is 5.02 Å². The second kappa shape index (κ2) is 10.0. The first-order chi connectivity index (χ1) is 14.8. The van der Waals surface area contributed by atoms with Gasteiger partial charge >= 0.3 is 5.97 Å². The van der Waals surface area contributed by atoms with E-state index in [0.29, 0.717) is 23.7 Å². The van der Waals surface area contributed by atoms with E-state index in [4.69, 9.17) is 21.1 Å². The van der Waals surface area contributed by atoms with Gasteiger partial charge in [0.2, 0.25) is 0 Å². The summed E-state index contributed by atoms with van der Waals surface area (Å²) < 4.78 is 26.3. The Kier molecular flexibility index (Phi) is 7.41. The van der Waals surface area contributed by atoms with Crippen molar-refractivity contribution >= 4 is 39.2 Å². The zero-order valence-corrected chi connectivity index (χ0v) is 19.2. The van der Waals surface area contributed by atoms with Crippen LogP contribution in [0.5, 0.6) is 11.5 Å². The Morgan fingerprint density at radius 1 is 1.19 bits per heavy atom. The molecule has 0 atom stereocenters. The predicted molar refractivity (Wildman–Crippen MR) is 122 cm³/mol.